The fourth-order valence-corrected chi connectivity index (χ4v) is 2.65. The van der Waals surface area contributed by atoms with Crippen LogP contribution < -0.4 is 5.73 Å². The molecule has 4 nitrogen and oxygen atoms in total. The van der Waals surface area contributed by atoms with Crippen LogP contribution in [0.2, 0.25) is 0 Å². The fourth-order valence-electron chi connectivity index (χ4n) is 2.65. The molecule has 1 fully saturated rings. The third-order valence-electron chi connectivity index (χ3n) is 3.89. The van der Waals surface area contributed by atoms with Crippen molar-refractivity contribution in [1.82, 2.24) is 4.90 Å². The van der Waals surface area contributed by atoms with Crippen LogP contribution in [0.5, 0.6) is 0 Å². The van der Waals surface area contributed by atoms with Gasteiger partial charge in [0, 0.05) is 11.5 Å². The van der Waals surface area contributed by atoms with Crippen LogP contribution in [0.25, 0.3) is 0 Å². The lowest BCUT2D eigenvalue weighted by atomic mass is 9.74. The molecule has 16 heavy (non-hydrogen) atoms. The fraction of sp³-hybridized carbons (Fsp3) is 0.917. The third kappa shape index (κ3) is 2.55. The smallest absolute Gasteiger partial charge is 0.323 e. The van der Waals surface area contributed by atoms with Crippen LogP contribution in [-0.2, 0) is 9.53 Å². The van der Waals surface area contributed by atoms with Crippen LogP contribution in [0.15, 0.2) is 0 Å². The summed E-state index contributed by atoms with van der Waals surface area (Å²) in [6.07, 6.45) is 3.55. The summed E-state index contributed by atoms with van der Waals surface area (Å²) in [7, 11) is 3.50. The van der Waals surface area contributed by atoms with Crippen molar-refractivity contribution in [2.45, 2.75) is 45.2 Å². The molecule has 2 N–H and O–H groups in total. The standard InChI is InChI=1S/C12H24N2O2/c1-12(2,10(13)11(15)16-4)9-7-5-6-8-14(9)3/h9-10H,5-8,13H2,1-4H3. The summed E-state index contributed by atoms with van der Waals surface area (Å²) in [4.78, 5) is 13.9. The molecule has 0 bridgehead atoms. The Morgan fingerprint density at radius 2 is 2.12 bits per heavy atom. The number of ether oxygens (including phenoxy) is 1. The van der Waals surface area contributed by atoms with Gasteiger partial charge in [-0.1, -0.05) is 20.3 Å². The molecular formula is C12H24N2O2. The normalized spacial score (nSPS) is 25.2. The Morgan fingerprint density at radius 1 is 1.50 bits per heavy atom. The SMILES string of the molecule is COC(=O)C(N)C(C)(C)C1CCCCN1C. The highest BCUT2D eigenvalue weighted by atomic mass is 16.5. The predicted molar refractivity (Wildman–Crippen MR) is 64.0 cm³/mol. The zero-order valence-electron chi connectivity index (χ0n) is 10.8. The van der Waals surface area contributed by atoms with E-state index in [1.54, 1.807) is 0 Å². The minimum Gasteiger partial charge on any atom is -0.468 e. The van der Waals surface area contributed by atoms with Crippen molar-refractivity contribution in [3.05, 3.63) is 0 Å². The minimum absolute atomic E-state index is 0.248. The van der Waals surface area contributed by atoms with Gasteiger partial charge >= 0.3 is 5.97 Å². The van der Waals surface area contributed by atoms with Crippen LogP contribution in [0, 0.1) is 5.41 Å². The number of hydrogen-bond acceptors (Lipinski definition) is 4. The number of carbonyl (C=O) groups excluding carboxylic acids is 1. The maximum absolute atomic E-state index is 11.5. The highest BCUT2D eigenvalue weighted by Gasteiger charge is 2.42. The van der Waals surface area contributed by atoms with E-state index in [-0.39, 0.29) is 11.4 Å². The lowest BCUT2D eigenvalue weighted by Crippen LogP contribution is -2.56. The molecule has 4 heteroatoms. The van der Waals surface area contributed by atoms with Gasteiger partial charge in [-0.15, -0.1) is 0 Å². The molecule has 0 spiro atoms. The Labute approximate surface area is 98.1 Å². The quantitative estimate of drug-likeness (QED) is 0.732. The first-order valence-corrected chi connectivity index (χ1v) is 5.95. The largest absolute Gasteiger partial charge is 0.468 e. The van der Waals surface area contributed by atoms with Gasteiger partial charge in [-0.3, -0.25) is 4.79 Å². The Balaban J connectivity index is 2.78. The number of hydrogen-bond donors (Lipinski definition) is 1. The van der Waals surface area contributed by atoms with Crippen molar-refractivity contribution in [2.24, 2.45) is 11.1 Å². The highest BCUT2D eigenvalue weighted by Crippen LogP contribution is 2.34. The molecule has 1 heterocycles. The Kier molecular flexibility index (Phi) is 4.33. The molecule has 1 saturated heterocycles. The van der Waals surface area contributed by atoms with E-state index in [2.05, 4.69) is 25.8 Å². The van der Waals surface area contributed by atoms with Crippen LogP contribution in [0.3, 0.4) is 0 Å². The first kappa shape index (κ1) is 13.5. The van der Waals surface area contributed by atoms with Gasteiger partial charge in [-0.05, 0) is 26.4 Å². The summed E-state index contributed by atoms with van der Waals surface area (Å²) in [6, 6.07) is -0.196. The van der Waals surface area contributed by atoms with Crippen molar-refractivity contribution >= 4 is 5.97 Å². The molecule has 1 aliphatic heterocycles. The number of carbonyl (C=O) groups is 1. The lowest BCUT2D eigenvalue weighted by Gasteiger charge is -2.45. The monoisotopic (exact) mass is 228 g/mol. The van der Waals surface area contributed by atoms with E-state index in [4.69, 9.17) is 10.5 Å². The van der Waals surface area contributed by atoms with Crippen LogP contribution >= 0.6 is 0 Å². The van der Waals surface area contributed by atoms with Gasteiger partial charge in [0.1, 0.15) is 6.04 Å². The van der Waals surface area contributed by atoms with Gasteiger partial charge in [0.25, 0.3) is 0 Å². The number of methoxy groups -OCH3 is 1. The minimum atomic E-state index is -0.553. The van der Waals surface area contributed by atoms with Gasteiger partial charge in [0.05, 0.1) is 7.11 Å². The van der Waals surface area contributed by atoms with E-state index < -0.39 is 6.04 Å². The van der Waals surface area contributed by atoms with Crippen molar-refractivity contribution < 1.29 is 9.53 Å². The molecule has 0 amide bonds. The van der Waals surface area contributed by atoms with Crippen LogP contribution in [-0.4, -0.2) is 43.7 Å². The summed E-state index contributed by atoms with van der Waals surface area (Å²) in [5.41, 5.74) is 5.75. The summed E-state index contributed by atoms with van der Waals surface area (Å²) in [5.74, 6) is -0.316. The summed E-state index contributed by atoms with van der Waals surface area (Å²) in [6.45, 7) is 5.20. The lowest BCUT2D eigenvalue weighted by molar-refractivity contribution is -0.146. The molecule has 2 unspecified atom stereocenters. The Morgan fingerprint density at radius 3 is 2.62 bits per heavy atom. The number of esters is 1. The summed E-state index contributed by atoms with van der Waals surface area (Å²) in [5, 5.41) is 0. The van der Waals surface area contributed by atoms with Gasteiger partial charge in [-0.25, -0.2) is 0 Å². The topological polar surface area (TPSA) is 55.6 Å². The first-order chi connectivity index (χ1) is 7.41. The molecular weight excluding hydrogens is 204 g/mol. The van der Waals surface area contributed by atoms with Crippen LogP contribution in [0.4, 0.5) is 0 Å². The zero-order chi connectivity index (χ0) is 12.3. The maximum atomic E-state index is 11.5. The number of nitrogens with two attached hydrogens (primary N) is 1. The Bertz CT molecular complexity index is 253. The van der Waals surface area contributed by atoms with Crippen molar-refractivity contribution in [2.75, 3.05) is 20.7 Å². The van der Waals surface area contributed by atoms with Crippen LogP contribution in [0.1, 0.15) is 33.1 Å². The van der Waals surface area contributed by atoms with E-state index in [0.717, 1.165) is 13.0 Å². The highest BCUT2D eigenvalue weighted by molar-refractivity contribution is 5.76. The molecule has 0 aromatic heterocycles. The molecule has 0 radical (unpaired) electrons. The molecule has 0 aromatic carbocycles. The second-order valence-corrected chi connectivity index (χ2v) is 5.31. The van der Waals surface area contributed by atoms with E-state index in [9.17, 15) is 4.79 Å². The molecule has 2 atom stereocenters. The number of piperidine rings is 1. The van der Waals surface area contributed by atoms with Crippen molar-refractivity contribution in [3.8, 4) is 0 Å². The van der Waals surface area contributed by atoms with Gasteiger partial charge in [0.15, 0.2) is 0 Å². The molecule has 0 saturated carbocycles. The van der Waals surface area contributed by atoms with E-state index in [0.29, 0.717) is 6.04 Å². The second kappa shape index (κ2) is 5.15. The maximum Gasteiger partial charge on any atom is 0.323 e. The number of nitrogens with zero attached hydrogens (tertiary/aromatic N) is 1. The third-order valence-corrected chi connectivity index (χ3v) is 3.89. The van der Waals surface area contributed by atoms with Gasteiger partial charge in [0.2, 0.25) is 0 Å². The summed E-state index contributed by atoms with van der Waals surface area (Å²) >= 11 is 0. The van der Waals surface area contributed by atoms with Gasteiger partial charge < -0.3 is 15.4 Å². The molecule has 1 aliphatic rings. The molecule has 94 valence electrons. The first-order valence-electron chi connectivity index (χ1n) is 5.95. The molecule has 0 aliphatic carbocycles. The van der Waals surface area contributed by atoms with E-state index >= 15 is 0 Å². The second-order valence-electron chi connectivity index (χ2n) is 5.31. The van der Waals surface area contributed by atoms with E-state index in [1.165, 1.54) is 20.0 Å². The molecule has 0 aromatic rings. The number of rotatable bonds is 3. The van der Waals surface area contributed by atoms with Crippen molar-refractivity contribution in [1.29, 1.82) is 0 Å². The average molecular weight is 228 g/mol. The number of likely N-dealkylation sites (tertiary alicyclic amines) is 1. The zero-order valence-corrected chi connectivity index (χ0v) is 10.8. The summed E-state index contributed by atoms with van der Waals surface area (Å²) < 4.78 is 4.74. The Hall–Kier alpha value is -0.610. The van der Waals surface area contributed by atoms with Gasteiger partial charge in [-0.2, -0.15) is 0 Å². The average Bonchev–Trinajstić information content (AvgIpc) is 2.27. The predicted octanol–water partition coefficient (Wildman–Crippen LogP) is 0.997. The van der Waals surface area contributed by atoms with Crippen molar-refractivity contribution in [3.63, 3.8) is 0 Å². The molecule has 1 rings (SSSR count). The van der Waals surface area contributed by atoms with E-state index in [1.807, 2.05) is 0 Å².